The number of aliphatic hydroxyl groups is 1. The van der Waals surface area contributed by atoms with Gasteiger partial charge in [0.1, 0.15) is 18.2 Å². The highest BCUT2D eigenvalue weighted by Crippen LogP contribution is 2.30. The van der Waals surface area contributed by atoms with E-state index in [1.807, 2.05) is 6.92 Å². The molecular formula is C28H50N4O6. The monoisotopic (exact) mass is 538 g/mol. The molecule has 0 aromatic rings. The van der Waals surface area contributed by atoms with E-state index >= 15 is 0 Å². The van der Waals surface area contributed by atoms with Crippen LogP contribution in [0.25, 0.3) is 0 Å². The number of likely N-dealkylation sites (tertiary alicyclic amines) is 1. The standard InChI is InChI=1S/C25H42N4O6.C3H8/c1-7-8-16-11-12-29(25(35)18(13(2)3)28-23(33)20(30)14(4)5)19(16)22(32)26-15(6)21(31)24(34)27-17-9-10-17;1-3-2/h13-20,30H,7-12H2,1-6H3,(H,26,32)(H,27,34)(H,28,33);3H2,1-2H3/t15?,16-,18?,19?,20-;/m0./s1. The highest BCUT2D eigenvalue weighted by molar-refractivity contribution is 6.38. The van der Waals surface area contributed by atoms with E-state index in [2.05, 4.69) is 29.8 Å². The van der Waals surface area contributed by atoms with Crippen LogP contribution >= 0.6 is 0 Å². The zero-order valence-corrected chi connectivity index (χ0v) is 24.5. The lowest BCUT2D eigenvalue weighted by molar-refractivity contribution is -0.145. The van der Waals surface area contributed by atoms with Crippen molar-refractivity contribution in [2.24, 2.45) is 17.8 Å². The molecule has 2 rings (SSSR count). The molecule has 38 heavy (non-hydrogen) atoms. The van der Waals surface area contributed by atoms with Crippen LogP contribution in [0, 0.1) is 17.8 Å². The fourth-order valence-electron chi connectivity index (χ4n) is 4.41. The summed E-state index contributed by atoms with van der Waals surface area (Å²) in [6.07, 6.45) is 3.86. The summed E-state index contributed by atoms with van der Waals surface area (Å²) in [4.78, 5) is 65.4. The molecular weight excluding hydrogens is 488 g/mol. The van der Waals surface area contributed by atoms with Crippen LogP contribution in [0.4, 0.5) is 0 Å². The number of hydrogen-bond acceptors (Lipinski definition) is 6. The van der Waals surface area contributed by atoms with E-state index < -0.39 is 53.6 Å². The van der Waals surface area contributed by atoms with Crippen LogP contribution < -0.4 is 16.0 Å². The van der Waals surface area contributed by atoms with Crippen molar-refractivity contribution in [2.75, 3.05) is 6.54 Å². The van der Waals surface area contributed by atoms with E-state index in [9.17, 15) is 29.1 Å². The molecule has 5 atom stereocenters. The molecule has 0 bridgehead atoms. The molecule has 10 nitrogen and oxygen atoms in total. The molecule has 1 saturated carbocycles. The van der Waals surface area contributed by atoms with Gasteiger partial charge in [-0.2, -0.15) is 0 Å². The molecule has 2 aliphatic rings. The maximum Gasteiger partial charge on any atom is 0.289 e. The number of carbonyl (C=O) groups is 5. The van der Waals surface area contributed by atoms with Gasteiger partial charge in [-0.25, -0.2) is 0 Å². The minimum absolute atomic E-state index is 0.0311. The first-order valence-electron chi connectivity index (χ1n) is 14.2. The molecule has 218 valence electrons. The Balaban J connectivity index is 0.00000229. The summed E-state index contributed by atoms with van der Waals surface area (Å²) in [6, 6.07) is -2.71. The Morgan fingerprint density at radius 2 is 1.47 bits per heavy atom. The molecule has 0 spiro atoms. The molecule has 0 aromatic heterocycles. The maximum absolute atomic E-state index is 13.6. The fourth-order valence-corrected chi connectivity index (χ4v) is 4.41. The number of amides is 4. The summed E-state index contributed by atoms with van der Waals surface area (Å²) >= 11 is 0. The summed E-state index contributed by atoms with van der Waals surface area (Å²) in [5.41, 5.74) is 0. The van der Waals surface area contributed by atoms with Gasteiger partial charge >= 0.3 is 0 Å². The van der Waals surface area contributed by atoms with Gasteiger partial charge in [0.05, 0.1) is 6.04 Å². The highest BCUT2D eigenvalue weighted by atomic mass is 16.3. The molecule has 1 aliphatic heterocycles. The maximum atomic E-state index is 13.6. The summed E-state index contributed by atoms with van der Waals surface area (Å²) in [7, 11) is 0. The van der Waals surface area contributed by atoms with Crippen molar-refractivity contribution in [3.8, 4) is 0 Å². The van der Waals surface area contributed by atoms with Gasteiger partial charge < -0.3 is 26.0 Å². The summed E-state index contributed by atoms with van der Waals surface area (Å²) < 4.78 is 0. The van der Waals surface area contributed by atoms with Crippen LogP contribution in [0.5, 0.6) is 0 Å². The van der Waals surface area contributed by atoms with Crippen LogP contribution in [0.1, 0.15) is 93.9 Å². The second-order valence-electron chi connectivity index (χ2n) is 11.3. The number of carbonyl (C=O) groups excluding carboxylic acids is 5. The lowest BCUT2D eigenvalue weighted by atomic mass is 9.93. The predicted molar refractivity (Wildman–Crippen MR) is 146 cm³/mol. The molecule has 3 unspecified atom stereocenters. The van der Waals surface area contributed by atoms with E-state index in [0.29, 0.717) is 13.0 Å². The quantitative estimate of drug-likeness (QED) is 0.280. The third-order valence-corrected chi connectivity index (χ3v) is 6.75. The molecule has 1 saturated heterocycles. The topological polar surface area (TPSA) is 145 Å². The Kier molecular flexibility index (Phi) is 14.0. The number of Topliss-reactive ketones (excluding diaryl/α,β-unsaturated/α-hetero) is 1. The van der Waals surface area contributed by atoms with Crippen LogP contribution in [0.15, 0.2) is 0 Å². The molecule has 0 radical (unpaired) electrons. The third kappa shape index (κ3) is 9.67. The lowest BCUT2D eigenvalue weighted by Gasteiger charge is -2.33. The average Bonchev–Trinajstić information content (AvgIpc) is 3.56. The van der Waals surface area contributed by atoms with Gasteiger partial charge in [0.25, 0.3) is 5.91 Å². The minimum atomic E-state index is -1.25. The zero-order valence-electron chi connectivity index (χ0n) is 24.5. The molecule has 4 amide bonds. The van der Waals surface area contributed by atoms with E-state index in [1.165, 1.54) is 18.2 Å². The first-order valence-corrected chi connectivity index (χ1v) is 14.2. The predicted octanol–water partition coefficient (Wildman–Crippen LogP) is 1.93. The Hall–Kier alpha value is -2.49. The van der Waals surface area contributed by atoms with Crippen LogP contribution in [0.3, 0.4) is 0 Å². The lowest BCUT2D eigenvalue weighted by Crippen LogP contribution is -2.59. The Labute approximate surface area is 228 Å². The molecule has 2 fully saturated rings. The van der Waals surface area contributed by atoms with E-state index in [1.54, 1.807) is 27.7 Å². The van der Waals surface area contributed by atoms with Gasteiger partial charge in [-0.3, -0.25) is 24.0 Å². The van der Waals surface area contributed by atoms with Gasteiger partial charge in [0.2, 0.25) is 23.5 Å². The second kappa shape index (κ2) is 15.8. The number of ketones is 1. The number of hydrogen-bond donors (Lipinski definition) is 4. The fraction of sp³-hybridized carbons (Fsp3) is 0.821. The summed E-state index contributed by atoms with van der Waals surface area (Å²) in [6.45, 7) is 15.1. The molecule has 1 heterocycles. The van der Waals surface area contributed by atoms with Crippen molar-refractivity contribution in [3.63, 3.8) is 0 Å². The average molecular weight is 539 g/mol. The number of nitrogens with one attached hydrogen (secondary N) is 3. The molecule has 0 aromatic carbocycles. The summed E-state index contributed by atoms with van der Waals surface area (Å²) in [5, 5.41) is 18.0. The minimum Gasteiger partial charge on any atom is -0.383 e. The van der Waals surface area contributed by atoms with Crippen molar-refractivity contribution in [1.82, 2.24) is 20.9 Å². The van der Waals surface area contributed by atoms with E-state index in [0.717, 1.165) is 25.7 Å². The van der Waals surface area contributed by atoms with Gasteiger partial charge in [0.15, 0.2) is 0 Å². The van der Waals surface area contributed by atoms with Crippen molar-refractivity contribution in [2.45, 2.75) is 124 Å². The SMILES string of the molecule is CCC.CCC[C@H]1CCN(C(=O)C(NC(=O)[C@@H](O)C(C)C)C(C)C)C1C(=O)NC(C)C(=O)C(=O)NC1CC1. The number of nitrogens with zero attached hydrogens (tertiary/aromatic N) is 1. The van der Waals surface area contributed by atoms with Crippen molar-refractivity contribution in [1.29, 1.82) is 0 Å². The van der Waals surface area contributed by atoms with Gasteiger partial charge in [-0.05, 0) is 50.4 Å². The van der Waals surface area contributed by atoms with E-state index in [-0.39, 0.29) is 23.8 Å². The van der Waals surface area contributed by atoms with Gasteiger partial charge in [-0.15, -0.1) is 0 Å². The van der Waals surface area contributed by atoms with Crippen molar-refractivity contribution < 1.29 is 29.1 Å². The Bertz CT molecular complexity index is 826. The van der Waals surface area contributed by atoms with Crippen LogP contribution in [0.2, 0.25) is 0 Å². The molecule has 4 N–H and O–H groups in total. The first kappa shape index (κ1) is 33.5. The Morgan fingerprint density at radius 1 is 0.895 bits per heavy atom. The first-order chi connectivity index (χ1) is 17.8. The third-order valence-electron chi connectivity index (χ3n) is 6.75. The van der Waals surface area contributed by atoms with Crippen molar-refractivity contribution >= 4 is 29.4 Å². The number of aliphatic hydroxyl groups excluding tert-OH is 1. The van der Waals surface area contributed by atoms with Crippen LogP contribution in [-0.2, 0) is 24.0 Å². The second-order valence-corrected chi connectivity index (χ2v) is 11.3. The van der Waals surface area contributed by atoms with E-state index in [4.69, 9.17) is 0 Å². The van der Waals surface area contributed by atoms with Gasteiger partial charge in [0, 0.05) is 12.6 Å². The largest absolute Gasteiger partial charge is 0.383 e. The molecule has 1 aliphatic carbocycles. The highest BCUT2D eigenvalue weighted by Gasteiger charge is 2.45. The number of rotatable bonds is 12. The normalized spacial score (nSPS) is 21.2. The van der Waals surface area contributed by atoms with Gasteiger partial charge in [-0.1, -0.05) is 61.3 Å². The van der Waals surface area contributed by atoms with Crippen molar-refractivity contribution in [3.05, 3.63) is 0 Å². The smallest absolute Gasteiger partial charge is 0.289 e. The zero-order chi connectivity index (χ0) is 29.2. The van der Waals surface area contributed by atoms with Crippen LogP contribution in [-0.4, -0.2) is 76.2 Å². The molecule has 10 heteroatoms. The Morgan fingerprint density at radius 3 is 1.95 bits per heavy atom. The summed E-state index contributed by atoms with van der Waals surface area (Å²) in [5.74, 6) is -3.62.